The van der Waals surface area contributed by atoms with E-state index in [4.69, 9.17) is 4.74 Å². The van der Waals surface area contributed by atoms with Crippen molar-refractivity contribution in [3.8, 4) is 11.8 Å². The first-order valence-corrected chi connectivity index (χ1v) is 9.73. The van der Waals surface area contributed by atoms with Crippen LogP contribution in [0, 0.1) is 17.2 Å². The summed E-state index contributed by atoms with van der Waals surface area (Å²) in [5, 5.41) is 11.5. The number of anilines is 1. The van der Waals surface area contributed by atoms with Crippen LogP contribution in [-0.2, 0) is 15.3 Å². The highest BCUT2D eigenvalue weighted by atomic mass is 32.2. The Balaban J connectivity index is 2.01. The molecule has 0 aliphatic carbocycles. The number of thioether (sulfide) groups is 1. The first-order valence-electron chi connectivity index (χ1n) is 8.68. The zero-order chi connectivity index (χ0) is 19.6. The number of ketones is 1. The second kappa shape index (κ2) is 10.4. The zero-order valence-corrected chi connectivity index (χ0v) is 16.2. The van der Waals surface area contributed by atoms with Crippen LogP contribution in [0.15, 0.2) is 54.6 Å². The number of nitriles is 1. The molecule has 2 atom stereocenters. The molecule has 0 spiro atoms. The predicted octanol–water partition coefficient (Wildman–Crippen LogP) is 4.05. The molecule has 2 unspecified atom stereocenters. The molecule has 1 N–H and O–H groups in total. The van der Waals surface area contributed by atoms with E-state index in [2.05, 4.69) is 5.32 Å². The molecular weight excluding hydrogens is 360 g/mol. The van der Waals surface area contributed by atoms with E-state index in [9.17, 15) is 14.9 Å². The summed E-state index contributed by atoms with van der Waals surface area (Å²) in [5.74, 6) is -1.26. The maximum atomic E-state index is 12.6. The molecule has 1 amide bonds. The molecular formula is C21H22N2O3S. The Morgan fingerprint density at radius 1 is 1.15 bits per heavy atom. The average Bonchev–Trinajstić information content (AvgIpc) is 2.69. The van der Waals surface area contributed by atoms with Crippen molar-refractivity contribution in [2.24, 2.45) is 5.92 Å². The number of nitrogens with zero attached hydrogens (tertiary/aromatic N) is 1. The monoisotopic (exact) mass is 382 g/mol. The third-order valence-electron chi connectivity index (χ3n) is 3.86. The molecule has 2 aromatic carbocycles. The lowest BCUT2D eigenvalue weighted by atomic mass is 10.0. The fraction of sp³-hybridized carbons (Fsp3) is 0.286. The quantitative estimate of drug-likeness (QED) is 0.662. The van der Waals surface area contributed by atoms with E-state index in [1.807, 2.05) is 43.3 Å². The van der Waals surface area contributed by atoms with E-state index in [-0.39, 0.29) is 0 Å². The molecule has 2 aromatic rings. The Morgan fingerprint density at radius 3 is 2.48 bits per heavy atom. The van der Waals surface area contributed by atoms with Crippen molar-refractivity contribution in [3.63, 3.8) is 0 Å². The van der Waals surface area contributed by atoms with Crippen molar-refractivity contribution in [1.82, 2.24) is 0 Å². The largest absolute Gasteiger partial charge is 0.492 e. The molecule has 0 aromatic heterocycles. The summed E-state index contributed by atoms with van der Waals surface area (Å²) in [6.07, 6.45) is 0. The van der Waals surface area contributed by atoms with E-state index < -0.39 is 22.9 Å². The number of rotatable bonds is 9. The van der Waals surface area contributed by atoms with Gasteiger partial charge in [0.2, 0.25) is 5.91 Å². The number of carbonyl (C=O) groups is 2. The van der Waals surface area contributed by atoms with Crippen molar-refractivity contribution in [2.45, 2.75) is 24.9 Å². The number of amides is 1. The number of carbonyl (C=O) groups excluding carboxylic acids is 2. The Bertz CT molecular complexity index is 818. The van der Waals surface area contributed by atoms with Gasteiger partial charge in [0.05, 0.1) is 23.6 Å². The molecule has 0 heterocycles. The van der Waals surface area contributed by atoms with Crippen LogP contribution < -0.4 is 10.1 Å². The van der Waals surface area contributed by atoms with E-state index in [1.54, 1.807) is 31.2 Å². The smallest absolute Gasteiger partial charge is 0.249 e. The molecule has 0 saturated carbocycles. The first kappa shape index (κ1) is 20.5. The molecule has 0 aliphatic rings. The number of hydrogen-bond donors (Lipinski definition) is 1. The van der Waals surface area contributed by atoms with Gasteiger partial charge in [-0.05, 0) is 31.5 Å². The molecule has 0 bridgehead atoms. The minimum absolute atomic E-state index is 0.398. The standard InChI is InChI=1S/C21H22N2O3S/c1-3-26-19-12-8-7-11-18(19)23-21(25)17(13-22)20(24)15(2)27-14-16-9-5-4-6-10-16/h4-12,15,17H,3,14H2,1-2H3,(H,23,25). The molecule has 2 rings (SSSR count). The average molecular weight is 382 g/mol. The SMILES string of the molecule is CCOc1ccccc1NC(=O)C(C#N)C(=O)C(C)SCc1ccccc1. The van der Waals surface area contributed by atoms with Gasteiger partial charge in [0, 0.05) is 5.75 Å². The van der Waals surface area contributed by atoms with Gasteiger partial charge in [-0.25, -0.2) is 0 Å². The lowest BCUT2D eigenvalue weighted by Gasteiger charge is -2.16. The maximum absolute atomic E-state index is 12.6. The summed E-state index contributed by atoms with van der Waals surface area (Å²) < 4.78 is 5.46. The van der Waals surface area contributed by atoms with Crippen LogP contribution in [0.25, 0.3) is 0 Å². The van der Waals surface area contributed by atoms with E-state index in [0.717, 1.165) is 5.56 Å². The van der Waals surface area contributed by atoms with Crippen molar-refractivity contribution >= 4 is 29.1 Å². The fourth-order valence-electron chi connectivity index (χ4n) is 2.42. The summed E-state index contributed by atoms with van der Waals surface area (Å²) in [4.78, 5) is 25.1. The Kier molecular flexibility index (Phi) is 7.90. The first-order chi connectivity index (χ1) is 13.1. The van der Waals surface area contributed by atoms with Crippen molar-refractivity contribution in [1.29, 1.82) is 5.26 Å². The van der Waals surface area contributed by atoms with Crippen molar-refractivity contribution in [3.05, 3.63) is 60.2 Å². The summed E-state index contributed by atoms with van der Waals surface area (Å²) >= 11 is 1.41. The number of hydrogen-bond acceptors (Lipinski definition) is 5. The number of benzene rings is 2. The zero-order valence-electron chi connectivity index (χ0n) is 15.3. The minimum atomic E-state index is -1.36. The topological polar surface area (TPSA) is 79.2 Å². The van der Waals surface area contributed by atoms with E-state index in [0.29, 0.717) is 23.8 Å². The molecule has 0 radical (unpaired) electrons. The van der Waals surface area contributed by atoms with Gasteiger partial charge in [0.15, 0.2) is 11.7 Å². The van der Waals surface area contributed by atoms with Crippen LogP contribution in [0.1, 0.15) is 19.4 Å². The van der Waals surface area contributed by atoms with Crippen LogP contribution in [0.4, 0.5) is 5.69 Å². The molecule has 0 aliphatic heterocycles. The van der Waals surface area contributed by atoms with Crippen LogP contribution in [-0.4, -0.2) is 23.5 Å². The Labute approximate surface area is 163 Å². The van der Waals surface area contributed by atoms with E-state index in [1.165, 1.54) is 11.8 Å². The summed E-state index contributed by atoms with van der Waals surface area (Å²) in [6, 6.07) is 18.5. The third-order valence-corrected chi connectivity index (χ3v) is 5.10. The highest BCUT2D eigenvalue weighted by Crippen LogP contribution is 2.25. The van der Waals surface area contributed by atoms with Gasteiger partial charge in [0.25, 0.3) is 0 Å². The van der Waals surface area contributed by atoms with Gasteiger partial charge in [0.1, 0.15) is 5.75 Å². The minimum Gasteiger partial charge on any atom is -0.492 e. The van der Waals surface area contributed by atoms with Crippen LogP contribution in [0.2, 0.25) is 0 Å². The van der Waals surface area contributed by atoms with Crippen molar-refractivity contribution in [2.75, 3.05) is 11.9 Å². The molecule has 27 heavy (non-hydrogen) atoms. The lowest BCUT2D eigenvalue weighted by molar-refractivity contribution is -0.128. The van der Waals surface area contributed by atoms with Crippen molar-refractivity contribution < 1.29 is 14.3 Å². The summed E-state index contributed by atoms with van der Waals surface area (Å²) in [7, 11) is 0. The highest BCUT2D eigenvalue weighted by Gasteiger charge is 2.31. The highest BCUT2D eigenvalue weighted by molar-refractivity contribution is 7.99. The summed E-state index contributed by atoms with van der Waals surface area (Å²) in [6.45, 7) is 4.01. The maximum Gasteiger partial charge on any atom is 0.249 e. The molecule has 5 nitrogen and oxygen atoms in total. The molecule has 0 fully saturated rings. The predicted molar refractivity (Wildman–Crippen MR) is 108 cm³/mol. The lowest BCUT2D eigenvalue weighted by Crippen LogP contribution is -2.33. The van der Waals surface area contributed by atoms with Gasteiger partial charge in [-0.3, -0.25) is 9.59 Å². The Hall–Kier alpha value is -2.78. The second-order valence-corrected chi connectivity index (χ2v) is 7.15. The number of Topliss-reactive ketones (excluding diaryl/α,β-unsaturated/α-hetero) is 1. The van der Waals surface area contributed by atoms with Gasteiger partial charge in [-0.2, -0.15) is 5.26 Å². The number of para-hydroxylation sites is 2. The van der Waals surface area contributed by atoms with Gasteiger partial charge < -0.3 is 10.1 Å². The number of ether oxygens (including phenoxy) is 1. The van der Waals surface area contributed by atoms with Crippen LogP contribution in [0.3, 0.4) is 0 Å². The third kappa shape index (κ3) is 5.87. The van der Waals surface area contributed by atoms with Gasteiger partial charge in [-0.15, -0.1) is 11.8 Å². The van der Waals surface area contributed by atoms with Crippen LogP contribution >= 0.6 is 11.8 Å². The Morgan fingerprint density at radius 2 is 1.81 bits per heavy atom. The van der Waals surface area contributed by atoms with E-state index >= 15 is 0 Å². The van der Waals surface area contributed by atoms with Gasteiger partial charge >= 0.3 is 0 Å². The van der Waals surface area contributed by atoms with Gasteiger partial charge in [-0.1, -0.05) is 42.5 Å². The normalized spacial score (nSPS) is 12.5. The van der Waals surface area contributed by atoms with Crippen LogP contribution in [0.5, 0.6) is 5.75 Å². The molecule has 140 valence electrons. The summed E-state index contributed by atoms with van der Waals surface area (Å²) in [5.41, 5.74) is 1.53. The molecule has 0 saturated heterocycles. The number of nitrogens with one attached hydrogen (secondary N) is 1. The second-order valence-electron chi connectivity index (χ2n) is 5.82. The molecule has 6 heteroatoms. The fourth-order valence-corrected chi connectivity index (χ4v) is 3.36.